The SMILES string of the molecule is Cl.Cl.Fc1ccc(C(c2ccc(F)cc2)N2CCN(C/C=C/c3ccccc3)CC2)cc1. The fourth-order valence-electron chi connectivity index (χ4n) is 4.01. The van der Waals surface area contributed by atoms with Crippen molar-refractivity contribution in [3.8, 4) is 0 Å². The first-order chi connectivity index (χ1) is 14.7. The van der Waals surface area contributed by atoms with Gasteiger partial charge < -0.3 is 0 Å². The van der Waals surface area contributed by atoms with Crippen molar-refractivity contribution in [2.24, 2.45) is 0 Å². The lowest BCUT2D eigenvalue weighted by atomic mass is 9.96. The maximum atomic E-state index is 13.5. The normalized spacial score (nSPS) is 14.8. The summed E-state index contributed by atoms with van der Waals surface area (Å²) in [4.78, 5) is 4.83. The molecule has 1 heterocycles. The second kappa shape index (κ2) is 12.7. The first-order valence-electron chi connectivity index (χ1n) is 10.4. The van der Waals surface area contributed by atoms with Crippen molar-refractivity contribution >= 4 is 30.9 Å². The van der Waals surface area contributed by atoms with Crippen LogP contribution in [0, 0.1) is 11.6 Å². The molecule has 3 aromatic rings. The number of benzene rings is 3. The summed E-state index contributed by atoms with van der Waals surface area (Å²) in [6.45, 7) is 4.63. The van der Waals surface area contributed by atoms with Crippen molar-refractivity contribution in [2.45, 2.75) is 6.04 Å². The molecule has 0 bridgehead atoms. The van der Waals surface area contributed by atoms with E-state index >= 15 is 0 Å². The molecule has 3 aromatic carbocycles. The summed E-state index contributed by atoms with van der Waals surface area (Å²) in [5.74, 6) is -0.488. The van der Waals surface area contributed by atoms with Crippen LogP contribution in [-0.2, 0) is 0 Å². The van der Waals surface area contributed by atoms with Gasteiger partial charge in [0, 0.05) is 32.7 Å². The first-order valence-corrected chi connectivity index (χ1v) is 10.4. The Morgan fingerprint density at radius 1 is 0.688 bits per heavy atom. The summed E-state index contributed by atoms with van der Waals surface area (Å²) in [6.07, 6.45) is 4.37. The summed E-state index contributed by atoms with van der Waals surface area (Å²) >= 11 is 0. The molecule has 1 saturated heterocycles. The Morgan fingerprint density at radius 3 is 1.69 bits per heavy atom. The van der Waals surface area contributed by atoms with Crippen LogP contribution in [0.15, 0.2) is 84.9 Å². The van der Waals surface area contributed by atoms with Crippen LogP contribution in [-0.4, -0.2) is 42.5 Å². The van der Waals surface area contributed by atoms with Crippen LogP contribution >= 0.6 is 24.8 Å². The molecular weight excluding hydrogens is 449 g/mol. The molecule has 1 aliphatic rings. The van der Waals surface area contributed by atoms with Gasteiger partial charge >= 0.3 is 0 Å². The number of halogens is 4. The molecule has 0 aliphatic carbocycles. The van der Waals surface area contributed by atoms with E-state index in [0.29, 0.717) is 0 Å². The van der Waals surface area contributed by atoms with Crippen LogP contribution in [0.1, 0.15) is 22.7 Å². The predicted octanol–water partition coefficient (Wildman–Crippen LogP) is 6.23. The second-order valence-corrected chi connectivity index (χ2v) is 7.66. The Bertz CT molecular complexity index is 910. The maximum Gasteiger partial charge on any atom is 0.123 e. The number of rotatable bonds is 6. The maximum absolute atomic E-state index is 13.5. The molecule has 0 saturated carbocycles. The van der Waals surface area contributed by atoms with E-state index in [9.17, 15) is 8.78 Å². The summed E-state index contributed by atoms with van der Waals surface area (Å²) in [7, 11) is 0. The molecule has 0 N–H and O–H groups in total. The van der Waals surface area contributed by atoms with Gasteiger partial charge in [0.05, 0.1) is 6.04 Å². The lowest BCUT2D eigenvalue weighted by Crippen LogP contribution is -2.47. The summed E-state index contributed by atoms with van der Waals surface area (Å²) in [6, 6.07) is 23.6. The van der Waals surface area contributed by atoms with Gasteiger partial charge in [-0.05, 0) is 41.0 Å². The fourth-order valence-corrected chi connectivity index (χ4v) is 4.01. The predicted molar refractivity (Wildman–Crippen MR) is 133 cm³/mol. The van der Waals surface area contributed by atoms with Gasteiger partial charge in [-0.15, -0.1) is 24.8 Å². The van der Waals surface area contributed by atoms with E-state index in [-0.39, 0.29) is 42.5 Å². The van der Waals surface area contributed by atoms with E-state index in [1.807, 2.05) is 42.5 Å². The lowest BCUT2D eigenvalue weighted by molar-refractivity contribution is 0.118. The van der Waals surface area contributed by atoms with Gasteiger partial charge in [0.1, 0.15) is 11.6 Å². The zero-order chi connectivity index (χ0) is 20.8. The molecule has 0 radical (unpaired) electrons. The quantitative estimate of drug-likeness (QED) is 0.416. The third-order valence-corrected chi connectivity index (χ3v) is 5.62. The molecule has 4 rings (SSSR count). The van der Waals surface area contributed by atoms with Gasteiger partial charge in [0.25, 0.3) is 0 Å². The van der Waals surface area contributed by atoms with E-state index in [2.05, 4.69) is 34.1 Å². The average molecular weight is 477 g/mol. The van der Waals surface area contributed by atoms with Crippen molar-refractivity contribution < 1.29 is 8.78 Å². The molecule has 1 fully saturated rings. The van der Waals surface area contributed by atoms with Crippen LogP contribution in [0.3, 0.4) is 0 Å². The van der Waals surface area contributed by atoms with E-state index in [4.69, 9.17) is 0 Å². The Kier molecular flexibility index (Phi) is 10.3. The third kappa shape index (κ3) is 6.88. The molecule has 0 spiro atoms. The van der Waals surface area contributed by atoms with Crippen molar-refractivity contribution in [2.75, 3.05) is 32.7 Å². The number of piperazine rings is 1. The summed E-state index contributed by atoms with van der Waals surface area (Å²) < 4.78 is 26.9. The molecule has 0 unspecified atom stereocenters. The average Bonchev–Trinajstić information content (AvgIpc) is 2.78. The second-order valence-electron chi connectivity index (χ2n) is 7.66. The standard InChI is InChI=1S/C26H26F2N2.2ClH/c27-24-12-8-22(9-13-24)26(23-10-14-25(28)15-11-23)30-19-17-29(18-20-30)16-4-7-21-5-2-1-3-6-21;;/h1-15,26H,16-20H2;2*1H/b7-4+;;. The smallest absolute Gasteiger partial charge is 0.123 e. The number of hydrogen-bond acceptors (Lipinski definition) is 2. The zero-order valence-corrected chi connectivity index (χ0v) is 19.4. The largest absolute Gasteiger partial charge is 0.297 e. The minimum Gasteiger partial charge on any atom is -0.297 e. The van der Waals surface area contributed by atoms with Gasteiger partial charge in [-0.2, -0.15) is 0 Å². The molecule has 0 amide bonds. The van der Waals surface area contributed by atoms with Crippen LogP contribution in [0.25, 0.3) is 6.08 Å². The minimum absolute atomic E-state index is 0. The molecular formula is C26H28Cl2F2N2. The van der Waals surface area contributed by atoms with E-state index < -0.39 is 0 Å². The molecule has 6 heteroatoms. The highest BCUT2D eigenvalue weighted by Crippen LogP contribution is 2.30. The third-order valence-electron chi connectivity index (χ3n) is 5.62. The van der Waals surface area contributed by atoms with Gasteiger partial charge in [0.15, 0.2) is 0 Å². The zero-order valence-electron chi connectivity index (χ0n) is 17.7. The van der Waals surface area contributed by atoms with Gasteiger partial charge in [-0.3, -0.25) is 9.80 Å². The van der Waals surface area contributed by atoms with E-state index in [0.717, 1.165) is 43.9 Å². The minimum atomic E-state index is -0.244. The topological polar surface area (TPSA) is 6.48 Å². The van der Waals surface area contributed by atoms with Crippen LogP contribution in [0.2, 0.25) is 0 Å². The van der Waals surface area contributed by atoms with E-state index in [1.54, 1.807) is 0 Å². The highest BCUT2D eigenvalue weighted by Gasteiger charge is 2.26. The lowest BCUT2D eigenvalue weighted by Gasteiger charge is -2.39. The van der Waals surface area contributed by atoms with Crippen molar-refractivity contribution in [1.82, 2.24) is 9.80 Å². The van der Waals surface area contributed by atoms with Crippen LogP contribution in [0.4, 0.5) is 8.78 Å². The fraction of sp³-hybridized carbons (Fsp3) is 0.231. The molecule has 170 valence electrons. The Hall–Kier alpha value is -2.24. The van der Waals surface area contributed by atoms with Crippen molar-refractivity contribution in [1.29, 1.82) is 0 Å². The van der Waals surface area contributed by atoms with E-state index in [1.165, 1.54) is 29.8 Å². The van der Waals surface area contributed by atoms with Gasteiger partial charge in [-0.1, -0.05) is 66.7 Å². The monoisotopic (exact) mass is 476 g/mol. The van der Waals surface area contributed by atoms with Crippen molar-refractivity contribution in [3.05, 3.63) is 113 Å². The first kappa shape index (κ1) is 26.0. The highest BCUT2D eigenvalue weighted by atomic mass is 35.5. The summed E-state index contributed by atoms with van der Waals surface area (Å²) in [5, 5.41) is 0. The summed E-state index contributed by atoms with van der Waals surface area (Å²) in [5.41, 5.74) is 3.27. The van der Waals surface area contributed by atoms with Crippen LogP contribution in [0.5, 0.6) is 0 Å². The van der Waals surface area contributed by atoms with Gasteiger partial charge in [0.2, 0.25) is 0 Å². The molecule has 1 aliphatic heterocycles. The van der Waals surface area contributed by atoms with Crippen LogP contribution < -0.4 is 0 Å². The number of hydrogen-bond donors (Lipinski definition) is 0. The molecule has 32 heavy (non-hydrogen) atoms. The molecule has 0 aromatic heterocycles. The number of nitrogens with zero attached hydrogens (tertiary/aromatic N) is 2. The highest BCUT2D eigenvalue weighted by molar-refractivity contribution is 5.85. The Balaban J connectivity index is 0.00000181. The molecule has 0 atom stereocenters. The Morgan fingerprint density at radius 2 is 1.19 bits per heavy atom. The Labute approximate surface area is 201 Å². The van der Waals surface area contributed by atoms with Gasteiger partial charge in [-0.25, -0.2) is 8.78 Å². The molecule has 2 nitrogen and oxygen atoms in total. The van der Waals surface area contributed by atoms with Crippen molar-refractivity contribution in [3.63, 3.8) is 0 Å².